The Morgan fingerprint density at radius 1 is 1.28 bits per heavy atom. The normalized spacial score (nSPS) is 18.9. The molecule has 0 N–H and O–H groups in total. The molecule has 7 nitrogen and oxygen atoms in total. The van der Waals surface area contributed by atoms with Gasteiger partial charge in [0.1, 0.15) is 12.2 Å². The number of piperidine rings is 1. The Hall–Kier alpha value is -2.65. The minimum Gasteiger partial charge on any atom is -0.353 e. The van der Waals surface area contributed by atoms with Gasteiger partial charge in [0.05, 0.1) is 0 Å². The van der Waals surface area contributed by atoms with Gasteiger partial charge < -0.3 is 9.47 Å². The number of halogens is 3. The van der Waals surface area contributed by atoms with E-state index in [1.165, 1.54) is 4.57 Å². The van der Waals surface area contributed by atoms with Crippen LogP contribution >= 0.6 is 0 Å². The van der Waals surface area contributed by atoms with Gasteiger partial charge in [-0.25, -0.2) is 9.97 Å². The van der Waals surface area contributed by atoms with Crippen LogP contribution in [0.25, 0.3) is 5.65 Å². The molecule has 132 valence electrons. The quantitative estimate of drug-likeness (QED) is 0.709. The van der Waals surface area contributed by atoms with Crippen LogP contribution in [-0.2, 0) is 13.2 Å². The number of hydrogen-bond donors (Lipinski definition) is 0. The van der Waals surface area contributed by atoms with Crippen LogP contribution < -0.4 is 4.90 Å². The molecule has 10 heteroatoms. The standard InChI is InChI=1S/C15H16F3N7/c1-23-8-11(15(16,17)18)21-12(23)10-3-2-5-24(7-10)13-14-22-20-9-25(14)6-4-19-13/h4,6,8-10H,2-3,5,7H2,1H3/t10-/m1/s1. The Kier molecular flexibility index (Phi) is 3.62. The summed E-state index contributed by atoms with van der Waals surface area (Å²) in [5.41, 5.74) is -0.209. The summed E-state index contributed by atoms with van der Waals surface area (Å²) < 4.78 is 42.0. The largest absolute Gasteiger partial charge is 0.434 e. The zero-order chi connectivity index (χ0) is 17.6. The van der Waals surface area contributed by atoms with Gasteiger partial charge in [-0.05, 0) is 12.8 Å². The monoisotopic (exact) mass is 351 g/mol. The maximum atomic E-state index is 12.9. The van der Waals surface area contributed by atoms with E-state index in [-0.39, 0.29) is 5.92 Å². The highest BCUT2D eigenvalue weighted by atomic mass is 19.4. The molecular formula is C15H16F3N7. The van der Waals surface area contributed by atoms with Gasteiger partial charge in [-0.1, -0.05) is 0 Å². The number of rotatable bonds is 2. The van der Waals surface area contributed by atoms with Gasteiger partial charge in [0, 0.05) is 44.6 Å². The van der Waals surface area contributed by atoms with Crippen LogP contribution in [-0.4, -0.2) is 42.2 Å². The summed E-state index contributed by atoms with van der Waals surface area (Å²) in [4.78, 5) is 10.3. The predicted molar refractivity (Wildman–Crippen MR) is 83.2 cm³/mol. The van der Waals surface area contributed by atoms with Crippen LogP contribution in [0, 0.1) is 0 Å². The molecule has 1 aliphatic rings. The van der Waals surface area contributed by atoms with Crippen LogP contribution in [0.3, 0.4) is 0 Å². The van der Waals surface area contributed by atoms with Crippen LogP contribution in [0.4, 0.5) is 19.0 Å². The molecule has 0 saturated carbocycles. The molecular weight excluding hydrogens is 335 g/mol. The maximum absolute atomic E-state index is 12.9. The molecule has 0 aliphatic carbocycles. The molecule has 0 aromatic carbocycles. The van der Waals surface area contributed by atoms with Gasteiger partial charge in [-0.2, -0.15) is 13.2 Å². The van der Waals surface area contributed by atoms with Gasteiger partial charge in [-0.15, -0.1) is 10.2 Å². The fraction of sp³-hybridized carbons (Fsp3) is 0.467. The molecule has 1 aliphatic heterocycles. The second kappa shape index (κ2) is 5.71. The van der Waals surface area contributed by atoms with Crippen molar-refractivity contribution in [3.8, 4) is 0 Å². The SMILES string of the molecule is Cn1cc(C(F)(F)F)nc1[C@@H]1CCCN(c2nccn3cnnc23)C1. The van der Waals surface area contributed by atoms with E-state index in [4.69, 9.17) is 0 Å². The van der Waals surface area contributed by atoms with Crippen molar-refractivity contribution in [3.05, 3.63) is 36.4 Å². The summed E-state index contributed by atoms with van der Waals surface area (Å²) in [5.74, 6) is 1.04. The lowest BCUT2D eigenvalue weighted by atomic mass is 9.97. The Morgan fingerprint density at radius 2 is 2.12 bits per heavy atom. The average molecular weight is 351 g/mol. The Bertz CT molecular complexity index is 898. The number of fused-ring (bicyclic) bond motifs is 1. The fourth-order valence-corrected chi connectivity index (χ4v) is 3.35. The molecule has 1 atom stereocenters. The van der Waals surface area contributed by atoms with Gasteiger partial charge in [0.25, 0.3) is 0 Å². The van der Waals surface area contributed by atoms with E-state index >= 15 is 0 Å². The lowest BCUT2D eigenvalue weighted by molar-refractivity contribution is -0.141. The van der Waals surface area contributed by atoms with E-state index in [0.29, 0.717) is 23.8 Å². The summed E-state index contributed by atoms with van der Waals surface area (Å²) in [5, 5.41) is 7.97. The lowest BCUT2D eigenvalue weighted by Gasteiger charge is -2.33. The molecule has 1 saturated heterocycles. The minimum atomic E-state index is -4.43. The first-order valence-corrected chi connectivity index (χ1v) is 7.93. The first-order chi connectivity index (χ1) is 11.9. The molecule has 0 amide bonds. The van der Waals surface area contributed by atoms with E-state index in [1.54, 1.807) is 30.2 Å². The highest BCUT2D eigenvalue weighted by molar-refractivity contribution is 5.63. The fourth-order valence-electron chi connectivity index (χ4n) is 3.35. The second-order valence-electron chi connectivity index (χ2n) is 6.19. The third kappa shape index (κ3) is 2.81. The van der Waals surface area contributed by atoms with Gasteiger partial charge in [0.15, 0.2) is 11.5 Å². The second-order valence-corrected chi connectivity index (χ2v) is 6.19. The zero-order valence-electron chi connectivity index (χ0n) is 13.5. The average Bonchev–Trinajstić information content (AvgIpc) is 3.20. The van der Waals surface area contributed by atoms with Crippen molar-refractivity contribution < 1.29 is 13.2 Å². The zero-order valence-corrected chi connectivity index (χ0v) is 13.5. The Labute approximate surface area is 141 Å². The van der Waals surface area contributed by atoms with Gasteiger partial charge in [0.2, 0.25) is 5.65 Å². The van der Waals surface area contributed by atoms with E-state index in [0.717, 1.165) is 25.6 Å². The number of aromatic nitrogens is 6. The van der Waals surface area contributed by atoms with E-state index in [1.807, 2.05) is 4.90 Å². The smallest absolute Gasteiger partial charge is 0.353 e. The van der Waals surface area contributed by atoms with Crippen molar-refractivity contribution in [2.24, 2.45) is 7.05 Å². The molecule has 4 heterocycles. The predicted octanol–water partition coefficient (Wildman–Crippen LogP) is 2.26. The van der Waals surface area contributed by atoms with Crippen molar-refractivity contribution in [2.45, 2.75) is 24.9 Å². The van der Waals surface area contributed by atoms with Crippen molar-refractivity contribution in [2.75, 3.05) is 18.0 Å². The van der Waals surface area contributed by atoms with Crippen molar-refractivity contribution in [1.82, 2.24) is 29.1 Å². The van der Waals surface area contributed by atoms with Crippen LogP contribution in [0.2, 0.25) is 0 Å². The first-order valence-electron chi connectivity index (χ1n) is 7.93. The maximum Gasteiger partial charge on any atom is 0.434 e. The number of imidazole rings is 1. The van der Waals surface area contributed by atoms with Crippen molar-refractivity contribution >= 4 is 11.5 Å². The van der Waals surface area contributed by atoms with Crippen molar-refractivity contribution in [1.29, 1.82) is 0 Å². The summed E-state index contributed by atoms with van der Waals surface area (Å²) in [6.07, 6.45) is 3.26. The molecule has 0 unspecified atom stereocenters. The highest BCUT2D eigenvalue weighted by Crippen LogP contribution is 2.33. The molecule has 3 aromatic rings. The number of hydrogen-bond acceptors (Lipinski definition) is 5. The molecule has 0 bridgehead atoms. The van der Waals surface area contributed by atoms with Gasteiger partial charge >= 0.3 is 6.18 Å². The lowest BCUT2D eigenvalue weighted by Crippen LogP contribution is -2.36. The van der Waals surface area contributed by atoms with Crippen LogP contribution in [0.5, 0.6) is 0 Å². The van der Waals surface area contributed by atoms with Crippen LogP contribution in [0.15, 0.2) is 24.9 Å². The van der Waals surface area contributed by atoms with Crippen molar-refractivity contribution in [3.63, 3.8) is 0 Å². The first kappa shape index (κ1) is 15.9. The number of alkyl halides is 3. The summed E-state index contributed by atoms with van der Waals surface area (Å²) in [6, 6.07) is 0. The van der Waals surface area contributed by atoms with E-state index in [9.17, 15) is 13.2 Å². The highest BCUT2D eigenvalue weighted by Gasteiger charge is 2.36. The Morgan fingerprint density at radius 3 is 2.88 bits per heavy atom. The molecule has 25 heavy (non-hydrogen) atoms. The third-order valence-electron chi connectivity index (χ3n) is 4.49. The van der Waals surface area contributed by atoms with Gasteiger partial charge in [-0.3, -0.25) is 4.40 Å². The number of aryl methyl sites for hydroxylation is 1. The molecule has 0 radical (unpaired) electrons. The summed E-state index contributed by atoms with van der Waals surface area (Å²) in [6.45, 7) is 1.31. The molecule has 1 fully saturated rings. The minimum absolute atomic E-state index is 0.0974. The molecule has 0 spiro atoms. The molecule has 4 rings (SSSR count). The third-order valence-corrected chi connectivity index (χ3v) is 4.49. The summed E-state index contributed by atoms with van der Waals surface area (Å²) >= 11 is 0. The van der Waals surface area contributed by atoms with E-state index in [2.05, 4.69) is 20.2 Å². The summed E-state index contributed by atoms with van der Waals surface area (Å²) in [7, 11) is 1.61. The Balaban J connectivity index is 1.64. The topological polar surface area (TPSA) is 64.1 Å². The van der Waals surface area contributed by atoms with E-state index < -0.39 is 11.9 Å². The number of anilines is 1. The number of nitrogens with zero attached hydrogens (tertiary/aromatic N) is 7. The molecule has 3 aromatic heterocycles. The van der Waals surface area contributed by atoms with Crippen LogP contribution in [0.1, 0.15) is 30.3 Å².